The predicted octanol–water partition coefficient (Wildman–Crippen LogP) is 3.95. The summed E-state index contributed by atoms with van der Waals surface area (Å²) < 4.78 is 7.44. The van der Waals surface area contributed by atoms with Gasteiger partial charge in [0.05, 0.1) is 11.4 Å². The Hall–Kier alpha value is -2.08. The van der Waals surface area contributed by atoms with Crippen LogP contribution in [0, 0.1) is 6.92 Å². The molecule has 3 aromatic rings. The number of benzene rings is 1. The molecule has 1 aromatic carbocycles. The SMILES string of the molecule is Cc1ccccc1-c1nnc(SCc2cc(C3CC3)no2)n1C. The summed E-state index contributed by atoms with van der Waals surface area (Å²) in [6.07, 6.45) is 2.48. The highest BCUT2D eigenvalue weighted by Gasteiger charge is 2.27. The van der Waals surface area contributed by atoms with Crippen LogP contribution in [0.2, 0.25) is 0 Å². The van der Waals surface area contributed by atoms with E-state index >= 15 is 0 Å². The first-order valence-electron chi connectivity index (χ1n) is 7.76. The Morgan fingerprint density at radius 1 is 1.26 bits per heavy atom. The molecule has 0 N–H and O–H groups in total. The number of aryl methyl sites for hydroxylation is 1. The maximum atomic E-state index is 5.41. The zero-order chi connectivity index (χ0) is 15.8. The molecule has 1 aliphatic rings. The van der Waals surface area contributed by atoms with Crippen LogP contribution in [-0.4, -0.2) is 19.9 Å². The van der Waals surface area contributed by atoms with E-state index < -0.39 is 0 Å². The van der Waals surface area contributed by atoms with Gasteiger partial charge in [-0.1, -0.05) is 41.2 Å². The number of thioether (sulfide) groups is 1. The van der Waals surface area contributed by atoms with E-state index in [0.29, 0.717) is 5.92 Å². The van der Waals surface area contributed by atoms with Gasteiger partial charge in [0, 0.05) is 24.6 Å². The summed E-state index contributed by atoms with van der Waals surface area (Å²) in [6, 6.07) is 10.3. The molecule has 118 valence electrons. The minimum absolute atomic E-state index is 0.625. The van der Waals surface area contributed by atoms with Crippen molar-refractivity contribution in [2.45, 2.75) is 36.6 Å². The number of rotatable bonds is 5. The van der Waals surface area contributed by atoms with Gasteiger partial charge in [-0.3, -0.25) is 0 Å². The fourth-order valence-electron chi connectivity index (χ4n) is 2.60. The molecule has 1 aliphatic carbocycles. The van der Waals surface area contributed by atoms with Gasteiger partial charge in [-0.25, -0.2) is 0 Å². The van der Waals surface area contributed by atoms with E-state index in [4.69, 9.17) is 4.52 Å². The average molecular weight is 326 g/mol. The first kappa shape index (κ1) is 14.5. The van der Waals surface area contributed by atoms with Gasteiger partial charge in [0.1, 0.15) is 5.76 Å². The van der Waals surface area contributed by atoms with Crippen molar-refractivity contribution in [3.05, 3.63) is 47.3 Å². The Labute approximate surface area is 139 Å². The topological polar surface area (TPSA) is 56.7 Å². The third-order valence-electron chi connectivity index (χ3n) is 4.14. The monoisotopic (exact) mass is 326 g/mol. The third kappa shape index (κ3) is 2.91. The van der Waals surface area contributed by atoms with Crippen LogP contribution < -0.4 is 0 Å². The second-order valence-corrected chi connectivity index (χ2v) is 6.90. The van der Waals surface area contributed by atoms with Crippen LogP contribution in [-0.2, 0) is 12.8 Å². The molecule has 2 aromatic heterocycles. The number of hydrogen-bond donors (Lipinski definition) is 0. The van der Waals surface area contributed by atoms with Crippen LogP contribution in [0.5, 0.6) is 0 Å². The van der Waals surface area contributed by atoms with Crippen molar-refractivity contribution in [2.75, 3.05) is 0 Å². The third-order valence-corrected chi connectivity index (χ3v) is 5.18. The normalized spacial score (nSPS) is 14.3. The van der Waals surface area contributed by atoms with E-state index in [0.717, 1.165) is 33.8 Å². The molecule has 6 heteroatoms. The van der Waals surface area contributed by atoms with E-state index in [9.17, 15) is 0 Å². The van der Waals surface area contributed by atoms with Crippen molar-refractivity contribution in [2.24, 2.45) is 7.05 Å². The van der Waals surface area contributed by atoms with Gasteiger partial charge in [0.25, 0.3) is 0 Å². The lowest BCUT2D eigenvalue weighted by molar-refractivity contribution is 0.388. The van der Waals surface area contributed by atoms with Crippen molar-refractivity contribution < 1.29 is 4.52 Å². The highest BCUT2D eigenvalue weighted by Crippen LogP contribution is 2.39. The summed E-state index contributed by atoms with van der Waals surface area (Å²) in [4.78, 5) is 0. The molecule has 1 fully saturated rings. The molecule has 0 atom stereocenters. The molecule has 1 saturated carbocycles. The standard InChI is InChI=1S/C17H18N4OS/c1-11-5-3-4-6-14(11)16-18-19-17(21(16)2)23-10-13-9-15(20-22-13)12-7-8-12/h3-6,9,12H,7-8,10H2,1-2H3. The second-order valence-electron chi connectivity index (χ2n) is 5.96. The van der Waals surface area contributed by atoms with Crippen molar-refractivity contribution in [3.8, 4) is 11.4 Å². The highest BCUT2D eigenvalue weighted by atomic mass is 32.2. The summed E-state index contributed by atoms with van der Waals surface area (Å²) in [5.74, 6) is 3.14. The quantitative estimate of drug-likeness (QED) is 0.665. The number of nitrogens with zero attached hydrogens (tertiary/aromatic N) is 4. The van der Waals surface area contributed by atoms with Gasteiger partial charge in [0.2, 0.25) is 0 Å². The van der Waals surface area contributed by atoms with Crippen molar-refractivity contribution >= 4 is 11.8 Å². The van der Waals surface area contributed by atoms with E-state index in [2.05, 4.69) is 40.5 Å². The second kappa shape index (κ2) is 5.85. The summed E-state index contributed by atoms with van der Waals surface area (Å²) in [7, 11) is 2.00. The molecule has 0 spiro atoms. The molecule has 0 saturated heterocycles. The zero-order valence-corrected chi connectivity index (χ0v) is 14.0. The average Bonchev–Trinajstić information content (AvgIpc) is 3.19. The minimum Gasteiger partial charge on any atom is -0.360 e. The molecular formula is C17H18N4OS. The van der Waals surface area contributed by atoms with Crippen molar-refractivity contribution in [1.29, 1.82) is 0 Å². The maximum Gasteiger partial charge on any atom is 0.191 e. The molecule has 4 rings (SSSR count). The van der Waals surface area contributed by atoms with Crippen LogP contribution in [0.15, 0.2) is 40.0 Å². The largest absolute Gasteiger partial charge is 0.360 e. The molecule has 5 nitrogen and oxygen atoms in total. The molecule has 0 amide bonds. The Bertz CT molecular complexity index is 835. The fourth-order valence-corrected chi connectivity index (χ4v) is 3.39. The maximum absolute atomic E-state index is 5.41. The molecule has 0 radical (unpaired) electrons. The summed E-state index contributed by atoms with van der Waals surface area (Å²) in [6.45, 7) is 2.09. The lowest BCUT2D eigenvalue weighted by Crippen LogP contribution is -1.96. The van der Waals surface area contributed by atoms with Gasteiger partial charge in [-0.05, 0) is 25.3 Å². The minimum atomic E-state index is 0.625. The lowest BCUT2D eigenvalue weighted by atomic mass is 10.1. The van der Waals surface area contributed by atoms with Gasteiger partial charge >= 0.3 is 0 Å². The van der Waals surface area contributed by atoms with Gasteiger partial charge in [0.15, 0.2) is 11.0 Å². The molecule has 0 bridgehead atoms. The Morgan fingerprint density at radius 2 is 2.09 bits per heavy atom. The van der Waals surface area contributed by atoms with Gasteiger partial charge < -0.3 is 9.09 Å². The van der Waals surface area contributed by atoms with Gasteiger partial charge in [-0.15, -0.1) is 10.2 Å². The van der Waals surface area contributed by atoms with Crippen LogP contribution in [0.4, 0.5) is 0 Å². The van der Waals surface area contributed by atoms with E-state index in [1.807, 2.05) is 23.7 Å². The highest BCUT2D eigenvalue weighted by molar-refractivity contribution is 7.98. The molecule has 23 heavy (non-hydrogen) atoms. The zero-order valence-electron chi connectivity index (χ0n) is 13.2. The number of aromatic nitrogens is 4. The summed E-state index contributed by atoms with van der Waals surface area (Å²) in [5.41, 5.74) is 3.41. The molecule has 0 unspecified atom stereocenters. The molecular weight excluding hydrogens is 308 g/mol. The lowest BCUT2D eigenvalue weighted by Gasteiger charge is -2.05. The van der Waals surface area contributed by atoms with Crippen molar-refractivity contribution in [3.63, 3.8) is 0 Å². The Morgan fingerprint density at radius 3 is 2.87 bits per heavy atom. The van der Waals surface area contributed by atoms with E-state index in [1.165, 1.54) is 18.4 Å². The van der Waals surface area contributed by atoms with Crippen LogP contribution in [0.1, 0.15) is 35.8 Å². The summed E-state index contributed by atoms with van der Waals surface area (Å²) in [5, 5.41) is 13.7. The van der Waals surface area contributed by atoms with Crippen LogP contribution in [0.25, 0.3) is 11.4 Å². The van der Waals surface area contributed by atoms with Crippen molar-refractivity contribution in [1.82, 2.24) is 19.9 Å². The van der Waals surface area contributed by atoms with Crippen LogP contribution >= 0.6 is 11.8 Å². The van der Waals surface area contributed by atoms with E-state index in [1.54, 1.807) is 11.8 Å². The first-order chi connectivity index (χ1) is 11.2. The van der Waals surface area contributed by atoms with Gasteiger partial charge in [-0.2, -0.15) is 0 Å². The Balaban J connectivity index is 1.50. The number of hydrogen-bond acceptors (Lipinski definition) is 5. The first-order valence-corrected chi connectivity index (χ1v) is 8.74. The summed E-state index contributed by atoms with van der Waals surface area (Å²) >= 11 is 1.62. The molecule has 0 aliphatic heterocycles. The fraction of sp³-hybridized carbons (Fsp3) is 0.353. The van der Waals surface area contributed by atoms with E-state index in [-0.39, 0.29) is 0 Å². The smallest absolute Gasteiger partial charge is 0.191 e. The van der Waals surface area contributed by atoms with Crippen LogP contribution in [0.3, 0.4) is 0 Å². The predicted molar refractivity (Wildman–Crippen MR) is 89.2 cm³/mol. The molecule has 2 heterocycles. The Kier molecular flexibility index (Phi) is 3.69.